The molecular formula is C16H18N2O3S. The number of amides is 1. The van der Waals surface area contributed by atoms with E-state index in [0.717, 1.165) is 10.6 Å². The van der Waals surface area contributed by atoms with Crippen LogP contribution in [0, 0.1) is 0 Å². The van der Waals surface area contributed by atoms with Crippen molar-refractivity contribution in [2.24, 2.45) is 0 Å². The highest BCUT2D eigenvalue weighted by Crippen LogP contribution is 2.21. The summed E-state index contributed by atoms with van der Waals surface area (Å²) in [5.74, 6) is -0.297. The Hall–Kier alpha value is -1.76. The predicted molar refractivity (Wildman–Crippen MR) is 83.9 cm³/mol. The van der Waals surface area contributed by atoms with Gasteiger partial charge in [-0.15, -0.1) is 11.3 Å². The number of aliphatic hydroxyl groups excluding tert-OH is 2. The molecule has 1 aliphatic carbocycles. The molecule has 1 aromatic carbocycles. The number of carbonyl (C=O) groups is 1. The Bertz CT molecular complexity index is 644. The van der Waals surface area contributed by atoms with Gasteiger partial charge in [0.05, 0.1) is 17.2 Å². The Morgan fingerprint density at radius 2 is 2.05 bits per heavy atom. The first-order chi connectivity index (χ1) is 10.6. The first-order valence-electron chi connectivity index (χ1n) is 7.29. The second kappa shape index (κ2) is 6.56. The van der Waals surface area contributed by atoms with Crippen molar-refractivity contribution < 1.29 is 15.0 Å². The van der Waals surface area contributed by atoms with Crippen molar-refractivity contribution in [3.05, 3.63) is 52.0 Å². The van der Waals surface area contributed by atoms with Crippen LogP contribution in [0.3, 0.4) is 0 Å². The van der Waals surface area contributed by atoms with E-state index in [2.05, 4.69) is 10.3 Å². The molecule has 0 spiro atoms. The van der Waals surface area contributed by atoms with Gasteiger partial charge in [-0.05, 0) is 18.4 Å². The third kappa shape index (κ3) is 3.35. The molecule has 0 aliphatic heterocycles. The molecule has 1 aliphatic rings. The Labute approximate surface area is 132 Å². The summed E-state index contributed by atoms with van der Waals surface area (Å²) in [7, 11) is 0. The van der Waals surface area contributed by atoms with Crippen molar-refractivity contribution in [1.29, 1.82) is 0 Å². The van der Waals surface area contributed by atoms with Gasteiger partial charge in [0, 0.05) is 11.8 Å². The van der Waals surface area contributed by atoms with Crippen molar-refractivity contribution in [3.63, 3.8) is 0 Å². The summed E-state index contributed by atoms with van der Waals surface area (Å²) in [6.07, 6.45) is 0.127. The molecule has 5 nitrogen and oxygen atoms in total. The van der Waals surface area contributed by atoms with E-state index in [-0.39, 0.29) is 5.91 Å². The van der Waals surface area contributed by atoms with Crippen LogP contribution < -0.4 is 5.32 Å². The fourth-order valence-corrected chi connectivity index (χ4v) is 3.44. The first-order valence-corrected chi connectivity index (χ1v) is 8.17. The van der Waals surface area contributed by atoms with Crippen LogP contribution in [0.2, 0.25) is 0 Å². The van der Waals surface area contributed by atoms with E-state index in [4.69, 9.17) is 0 Å². The quantitative estimate of drug-likeness (QED) is 0.795. The Morgan fingerprint density at radius 3 is 2.73 bits per heavy atom. The Balaban J connectivity index is 1.62. The number of carbonyl (C=O) groups excluding carboxylic acids is 1. The molecular weight excluding hydrogens is 300 g/mol. The zero-order valence-corrected chi connectivity index (χ0v) is 12.8. The SMILES string of the molecule is O=C(N[C@@H]1CC[C@@H](O)[C@@H]1O)c1csc(Cc2ccccc2)n1. The van der Waals surface area contributed by atoms with Crippen LogP contribution in [0.1, 0.15) is 33.9 Å². The van der Waals surface area contributed by atoms with E-state index in [1.165, 1.54) is 11.3 Å². The van der Waals surface area contributed by atoms with E-state index < -0.39 is 18.2 Å². The largest absolute Gasteiger partial charge is 0.390 e. The molecule has 2 aromatic rings. The van der Waals surface area contributed by atoms with Crippen LogP contribution in [-0.4, -0.2) is 39.4 Å². The van der Waals surface area contributed by atoms with E-state index in [1.807, 2.05) is 30.3 Å². The van der Waals surface area contributed by atoms with Gasteiger partial charge < -0.3 is 15.5 Å². The third-order valence-electron chi connectivity index (χ3n) is 3.88. The molecule has 0 bridgehead atoms. The zero-order chi connectivity index (χ0) is 15.5. The summed E-state index contributed by atoms with van der Waals surface area (Å²) in [5, 5.41) is 24.6. The van der Waals surface area contributed by atoms with Gasteiger partial charge in [-0.2, -0.15) is 0 Å². The molecule has 22 heavy (non-hydrogen) atoms. The van der Waals surface area contributed by atoms with Gasteiger partial charge >= 0.3 is 0 Å². The predicted octanol–water partition coefficient (Wildman–Crippen LogP) is 1.35. The number of hydrogen-bond acceptors (Lipinski definition) is 5. The standard InChI is InChI=1S/C16H18N2O3S/c19-13-7-6-11(15(13)20)18-16(21)12-9-22-14(17-12)8-10-4-2-1-3-5-10/h1-5,9,11,13,15,19-20H,6-8H2,(H,18,21)/t11-,13-,15-/m1/s1. The monoisotopic (exact) mass is 318 g/mol. The molecule has 0 radical (unpaired) electrons. The fraction of sp³-hybridized carbons (Fsp3) is 0.375. The van der Waals surface area contributed by atoms with E-state index in [9.17, 15) is 15.0 Å². The average Bonchev–Trinajstić information content (AvgIpc) is 3.10. The number of benzene rings is 1. The topological polar surface area (TPSA) is 82.5 Å². The van der Waals surface area contributed by atoms with Crippen molar-refractivity contribution in [1.82, 2.24) is 10.3 Å². The maximum absolute atomic E-state index is 12.2. The van der Waals surface area contributed by atoms with Gasteiger partial charge in [0.15, 0.2) is 0 Å². The molecule has 0 unspecified atom stereocenters. The lowest BCUT2D eigenvalue weighted by Crippen LogP contribution is -2.43. The van der Waals surface area contributed by atoms with E-state index >= 15 is 0 Å². The van der Waals surface area contributed by atoms with Crippen LogP contribution in [0.4, 0.5) is 0 Å². The molecule has 0 saturated heterocycles. The van der Waals surface area contributed by atoms with Crippen molar-refractivity contribution >= 4 is 17.2 Å². The van der Waals surface area contributed by atoms with Gasteiger partial charge in [0.2, 0.25) is 0 Å². The number of nitrogens with zero attached hydrogens (tertiary/aromatic N) is 1. The maximum atomic E-state index is 12.2. The maximum Gasteiger partial charge on any atom is 0.271 e. The highest BCUT2D eigenvalue weighted by molar-refractivity contribution is 7.09. The summed E-state index contributed by atoms with van der Waals surface area (Å²) in [6.45, 7) is 0. The summed E-state index contributed by atoms with van der Waals surface area (Å²) in [4.78, 5) is 16.5. The second-order valence-electron chi connectivity index (χ2n) is 5.50. The first kappa shape index (κ1) is 15.1. The number of nitrogens with one attached hydrogen (secondary N) is 1. The minimum absolute atomic E-state index is 0.297. The third-order valence-corrected chi connectivity index (χ3v) is 4.73. The molecule has 1 heterocycles. The minimum atomic E-state index is -0.897. The fourth-order valence-electron chi connectivity index (χ4n) is 2.63. The van der Waals surface area contributed by atoms with Crippen LogP contribution in [0.5, 0.6) is 0 Å². The van der Waals surface area contributed by atoms with Gasteiger partial charge in [0.1, 0.15) is 11.8 Å². The average molecular weight is 318 g/mol. The summed E-state index contributed by atoms with van der Waals surface area (Å²) in [5.41, 5.74) is 1.52. The lowest BCUT2D eigenvalue weighted by molar-refractivity contribution is 0.0296. The highest BCUT2D eigenvalue weighted by atomic mass is 32.1. The minimum Gasteiger partial charge on any atom is -0.390 e. The smallest absolute Gasteiger partial charge is 0.271 e. The Kier molecular flexibility index (Phi) is 4.52. The molecule has 116 valence electrons. The molecule has 3 rings (SSSR count). The van der Waals surface area contributed by atoms with E-state index in [0.29, 0.717) is 25.0 Å². The van der Waals surface area contributed by atoms with Crippen molar-refractivity contribution in [2.45, 2.75) is 37.5 Å². The number of aromatic nitrogens is 1. The van der Waals surface area contributed by atoms with E-state index in [1.54, 1.807) is 5.38 Å². The van der Waals surface area contributed by atoms with Crippen molar-refractivity contribution in [2.75, 3.05) is 0 Å². The lowest BCUT2D eigenvalue weighted by atomic mass is 10.2. The number of aliphatic hydroxyl groups is 2. The number of thiazole rings is 1. The molecule has 6 heteroatoms. The number of hydrogen-bond donors (Lipinski definition) is 3. The molecule has 3 atom stereocenters. The Morgan fingerprint density at radius 1 is 1.27 bits per heavy atom. The highest BCUT2D eigenvalue weighted by Gasteiger charge is 2.34. The zero-order valence-electron chi connectivity index (χ0n) is 12.0. The second-order valence-corrected chi connectivity index (χ2v) is 6.45. The molecule has 1 saturated carbocycles. The molecule has 1 amide bonds. The summed E-state index contributed by atoms with van der Waals surface area (Å²) >= 11 is 1.45. The molecule has 3 N–H and O–H groups in total. The van der Waals surface area contributed by atoms with Gasteiger partial charge in [-0.3, -0.25) is 4.79 Å². The lowest BCUT2D eigenvalue weighted by Gasteiger charge is -2.17. The number of rotatable bonds is 4. The van der Waals surface area contributed by atoms with Crippen LogP contribution in [0.15, 0.2) is 35.7 Å². The van der Waals surface area contributed by atoms with Crippen molar-refractivity contribution in [3.8, 4) is 0 Å². The van der Waals surface area contributed by atoms with Gasteiger partial charge in [-0.1, -0.05) is 30.3 Å². The van der Waals surface area contributed by atoms with Crippen LogP contribution in [0.25, 0.3) is 0 Å². The summed E-state index contributed by atoms with van der Waals surface area (Å²) < 4.78 is 0. The summed E-state index contributed by atoms with van der Waals surface area (Å²) in [6, 6.07) is 9.56. The van der Waals surface area contributed by atoms with Gasteiger partial charge in [0.25, 0.3) is 5.91 Å². The normalized spacial score (nSPS) is 24.4. The molecule has 1 fully saturated rings. The van der Waals surface area contributed by atoms with Gasteiger partial charge in [-0.25, -0.2) is 4.98 Å². The van der Waals surface area contributed by atoms with Crippen LogP contribution in [-0.2, 0) is 6.42 Å². The van der Waals surface area contributed by atoms with Crippen LogP contribution >= 0.6 is 11.3 Å². The molecule has 1 aromatic heterocycles.